The van der Waals surface area contributed by atoms with Gasteiger partial charge in [-0.3, -0.25) is 10.1 Å². The van der Waals surface area contributed by atoms with Crippen molar-refractivity contribution in [2.24, 2.45) is 0 Å². The van der Waals surface area contributed by atoms with E-state index in [1.165, 1.54) is 12.1 Å². The Hall–Kier alpha value is -1.78. The van der Waals surface area contributed by atoms with Gasteiger partial charge < -0.3 is 4.74 Å². The average Bonchev–Trinajstić information content (AvgIpc) is 2.36. The number of aryl methyl sites for hydroxylation is 2. The highest BCUT2D eigenvalue weighted by Gasteiger charge is 2.17. The zero-order valence-corrected chi connectivity index (χ0v) is 12.3. The summed E-state index contributed by atoms with van der Waals surface area (Å²) in [6.45, 7) is 3.80. The van der Waals surface area contributed by atoms with Gasteiger partial charge in [0.05, 0.1) is 15.0 Å². The number of non-ortho nitro benzene ring substituents is 1. The van der Waals surface area contributed by atoms with Gasteiger partial charge in [-0.2, -0.15) is 0 Å². The van der Waals surface area contributed by atoms with Gasteiger partial charge in [-0.1, -0.05) is 41.4 Å². The van der Waals surface area contributed by atoms with Gasteiger partial charge in [-0.25, -0.2) is 0 Å². The highest BCUT2D eigenvalue weighted by molar-refractivity contribution is 6.37. The Morgan fingerprint density at radius 1 is 1.05 bits per heavy atom. The van der Waals surface area contributed by atoms with E-state index in [1.54, 1.807) is 0 Å². The van der Waals surface area contributed by atoms with E-state index in [-0.39, 0.29) is 21.5 Å². The largest absolute Gasteiger partial charge is 0.454 e. The molecule has 104 valence electrons. The first-order valence-electron chi connectivity index (χ1n) is 5.77. The lowest BCUT2D eigenvalue weighted by Crippen LogP contribution is -1.94. The highest BCUT2D eigenvalue weighted by Crippen LogP contribution is 2.40. The van der Waals surface area contributed by atoms with Crippen LogP contribution >= 0.6 is 23.2 Å². The molecule has 0 N–H and O–H groups in total. The number of hydrogen-bond acceptors (Lipinski definition) is 3. The summed E-state index contributed by atoms with van der Waals surface area (Å²) in [4.78, 5) is 10.2. The van der Waals surface area contributed by atoms with Crippen molar-refractivity contribution in [1.29, 1.82) is 0 Å². The Balaban J connectivity index is 2.47. The quantitative estimate of drug-likeness (QED) is 0.570. The fourth-order valence-electron chi connectivity index (χ4n) is 1.81. The summed E-state index contributed by atoms with van der Waals surface area (Å²) in [5.74, 6) is 0.862. The third-order valence-corrected chi connectivity index (χ3v) is 3.37. The first-order chi connectivity index (χ1) is 9.40. The molecule has 0 aromatic heterocycles. The number of nitrogens with zero attached hydrogens (tertiary/aromatic N) is 1. The number of nitro benzene ring substituents is 1. The lowest BCUT2D eigenvalue weighted by molar-refractivity contribution is -0.384. The molecule has 0 unspecified atom stereocenters. The standard InChI is InChI=1S/C14H11Cl2NO3/c1-8-4-3-5-9(2)13(8)20-14-11(15)6-10(17(18)19)7-12(14)16/h3-7H,1-2H3. The van der Waals surface area contributed by atoms with E-state index < -0.39 is 4.92 Å². The molecule has 0 aliphatic heterocycles. The van der Waals surface area contributed by atoms with Crippen LogP contribution in [0.25, 0.3) is 0 Å². The average molecular weight is 312 g/mol. The van der Waals surface area contributed by atoms with Crippen molar-refractivity contribution in [3.8, 4) is 11.5 Å². The number of hydrogen-bond donors (Lipinski definition) is 0. The number of rotatable bonds is 3. The van der Waals surface area contributed by atoms with Gasteiger partial charge in [0.15, 0.2) is 5.75 Å². The number of halogens is 2. The first kappa shape index (κ1) is 14.6. The van der Waals surface area contributed by atoms with Gasteiger partial charge in [0, 0.05) is 12.1 Å². The van der Waals surface area contributed by atoms with E-state index in [0.717, 1.165) is 11.1 Å². The van der Waals surface area contributed by atoms with Gasteiger partial charge in [-0.15, -0.1) is 0 Å². The summed E-state index contributed by atoms with van der Waals surface area (Å²) in [5, 5.41) is 10.9. The molecular formula is C14H11Cl2NO3. The second-order valence-corrected chi connectivity index (χ2v) is 5.13. The Morgan fingerprint density at radius 3 is 2.00 bits per heavy atom. The normalized spacial score (nSPS) is 10.4. The van der Waals surface area contributed by atoms with E-state index in [0.29, 0.717) is 5.75 Å². The number of benzene rings is 2. The van der Waals surface area contributed by atoms with Crippen molar-refractivity contribution >= 4 is 28.9 Å². The van der Waals surface area contributed by atoms with E-state index in [4.69, 9.17) is 27.9 Å². The Bertz CT molecular complexity index is 643. The summed E-state index contributed by atoms with van der Waals surface area (Å²) in [6.07, 6.45) is 0. The Kier molecular flexibility index (Phi) is 4.16. The Labute approximate surface area is 126 Å². The molecule has 0 aliphatic carbocycles. The molecule has 0 aliphatic rings. The zero-order chi connectivity index (χ0) is 14.9. The van der Waals surface area contributed by atoms with Crippen molar-refractivity contribution in [3.05, 3.63) is 61.6 Å². The van der Waals surface area contributed by atoms with Crippen LogP contribution in [0.4, 0.5) is 5.69 Å². The second kappa shape index (κ2) is 5.69. The van der Waals surface area contributed by atoms with Crippen LogP contribution in [0.5, 0.6) is 11.5 Å². The Morgan fingerprint density at radius 2 is 1.55 bits per heavy atom. The first-order valence-corrected chi connectivity index (χ1v) is 6.53. The maximum atomic E-state index is 10.7. The third-order valence-electron chi connectivity index (χ3n) is 2.81. The lowest BCUT2D eigenvalue weighted by Gasteiger charge is -2.13. The molecular weight excluding hydrogens is 301 g/mol. The molecule has 2 rings (SSSR count). The third kappa shape index (κ3) is 2.86. The van der Waals surface area contributed by atoms with Crippen LogP contribution in [0.3, 0.4) is 0 Å². The number of nitro groups is 1. The molecule has 0 saturated heterocycles. The van der Waals surface area contributed by atoms with Gasteiger partial charge in [-0.05, 0) is 25.0 Å². The summed E-state index contributed by atoms with van der Waals surface area (Å²) < 4.78 is 5.75. The molecule has 4 nitrogen and oxygen atoms in total. The molecule has 6 heteroatoms. The SMILES string of the molecule is Cc1cccc(C)c1Oc1c(Cl)cc([N+](=O)[O-])cc1Cl. The van der Waals surface area contributed by atoms with Crippen LogP contribution in [0.15, 0.2) is 30.3 Å². The fourth-order valence-corrected chi connectivity index (χ4v) is 2.36. The molecule has 0 spiro atoms. The molecule has 0 atom stereocenters. The predicted octanol–water partition coefficient (Wildman–Crippen LogP) is 5.31. The number of ether oxygens (including phenoxy) is 1. The maximum Gasteiger partial charge on any atom is 0.272 e. The minimum absolute atomic E-state index is 0.104. The van der Waals surface area contributed by atoms with Crippen LogP contribution in [0.1, 0.15) is 11.1 Å². The van der Waals surface area contributed by atoms with Crippen LogP contribution in [0, 0.1) is 24.0 Å². The highest BCUT2D eigenvalue weighted by atomic mass is 35.5. The topological polar surface area (TPSA) is 52.4 Å². The monoisotopic (exact) mass is 311 g/mol. The molecule has 0 radical (unpaired) electrons. The molecule has 0 heterocycles. The smallest absolute Gasteiger partial charge is 0.272 e. The maximum absolute atomic E-state index is 10.7. The number of para-hydroxylation sites is 1. The van der Waals surface area contributed by atoms with Crippen molar-refractivity contribution in [3.63, 3.8) is 0 Å². The van der Waals surface area contributed by atoms with E-state index >= 15 is 0 Å². The summed E-state index contributed by atoms with van der Waals surface area (Å²) in [5.41, 5.74) is 1.68. The molecule has 20 heavy (non-hydrogen) atoms. The van der Waals surface area contributed by atoms with E-state index in [9.17, 15) is 10.1 Å². The summed E-state index contributed by atoms with van der Waals surface area (Å²) in [7, 11) is 0. The molecule has 0 amide bonds. The van der Waals surface area contributed by atoms with E-state index in [2.05, 4.69) is 0 Å². The molecule has 2 aromatic rings. The molecule has 2 aromatic carbocycles. The zero-order valence-electron chi connectivity index (χ0n) is 10.8. The van der Waals surface area contributed by atoms with Gasteiger partial charge in [0.25, 0.3) is 5.69 Å². The predicted molar refractivity (Wildman–Crippen MR) is 79.1 cm³/mol. The fraction of sp³-hybridized carbons (Fsp3) is 0.143. The molecule has 0 saturated carbocycles. The summed E-state index contributed by atoms with van der Waals surface area (Å²) >= 11 is 12.0. The van der Waals surface area contributed by atoms with Crippen LogP contribution in [-0.4, -0.2) is 4.92 Å². The van der Waals surface area contributed by atoms with Gasteiger partial charge in [0.2, 0.25) is 0 Å². The summed E-state index contributed by atoms with van der Waals surface area (Å²) in [6, 6.07) is 8.15. The molecule has 0 fully saturated rings. The van der Waals surface area contributed by atoms with Crippen LogP contribution in [-0.2, 0) is 0 Å². The van der Waals surface area contributed by atoms with Gasteiger partial charge in [0.1, 0.15) is 5.75 Å². The minimum atomic E-state index is -0.555. The van der Waals surface area contributed by atoms with E-state index in [1.807, 2.05) is 32.0 Å². The lowest BCUT2D eigenvalue weighted by atomic mass is 10.1. The van der Waals surface area contributed by atoms with Gasteiger partial charge >= 0.3 is 0 Å². The minimum Gasteiger partial charge on any atom is -0.454 e. The second-order valence-electron chi connectivity index (χ2n) is 4.32. The van der Waals surface area contributed by atoms with Crippen molar-refractivity contribution in [1.82, 2.24) is 0 Å². The van der Waals surface area contributed by atoms with Crippen LogP contribution < -0.4 is 4.74 Å². The van der Waals surface area contributed by atoms with Crippen molar-refractivity contribution < 1.29 is 9.66 Å². The van der Waals surface area contributed by atoms with Crippen LogP contribution in [0.2, 0.25) is 10.0 Å². The molecule has 0 bridgehead atoms. The van der Waals surface area contributed by atoms with Crippen molar-refractivity contribution in [2.45, 2.75) is 13.8 Å². The van der Waals surface area contributed by atoms with Crippen molar-refractivity contribution in [2.75, 3.05) is 0 Å².